The fraction of sp³-hybridized carbons (Fsp3) is 0.300. The number of hydrogen-bond acceptors (Lipinski definition) is 6. The first-order chi connectivity index (χ1) is 13.6. The van der Waals surface area contributed by atoms with E-state index in [-0.39, 0.29) is 5.75 Å². The zero-order valence-electron chi connectivity index (χ0n) is 15.5. The molecule has 0 saturated heterocycles. The number of hydrogen-bond donors (Lipinski definition) is 2. The van der Waals surface area contributed by atoms with Gasteiger partial charge in [-0.05, 0) is 30.5 Å². The number of thiazole rings is 1. The van der Waals surface area contributed by atoms with Gasteiger partial charge in [-0.15, -0.1) is 11.3 Å². The molecule has 0 spiro atoms. The van der Waals surface area contributed by atoms with Crippen molar-refractivity contribution in [1.82, 2.24) is 14.7 Å². The lowest BCUT2D eigenvalue weighted by Gasteiger charge is -2.07. The third kappa shape index (κ3) is 6.70. The molecule has 148 valence electrons. The Balaban J connectivity index is 1.30. The summed E-state index contributed by atoms with van der Waals surface area (Å²) in [6, 6.07) is 15.0. The van der Waals surface area contributed by atoms with Gasteiger partial charge in [-0.2, -0.15) is 0 Å². The molecule has 0 bridgehead atoms. The maximum Gasteiger partial charge on any atom is 0.215 e. The van der Waals surface area contributed by atoms with Gasteiger partial charge in [0.05, 0.1) is 11.4 Å². The standard InChI is InChI=1S/C20H24N4O2S2/c25-28(26,16-17-9-3-1-4-10-17)23-14-7-2-6-13-22-20-24-19(15-27-20)18-11-5-8-12-21-18/h1,3-5,8-12,15,23H,2,6-7,13-14,16H2,(H,22,24). The Hall–Kier alpha value is -2.29. The van der Waals surface area contributed by atoms with E-state index in [9.17, 15) is 8.42 Å². The van der Waals surface area contributed by atoms with Crippen molar-refractivity contribution in [2.75, 3.05) is 18.4 Å². The molecule has 1 aromatic carbocycles. The minimum absolute atomic E-state index is 0.0258. The third-order valence-corrected chi connectivity index (χ3v) is 6.24. The molecule has 0 radical (unpaired) electrons. The van der Waals surface area contributed by atoms with Crippen molar-refractivity contribution in [3.63, 3.8) is 0 Å². The number of benzene rings is 1. The molecule has 0 atom stereocenters. The van der Waals surface area contributed by atoms with Gasteiger partial charge in [-0.25, -0.2) is 18.1 Å². The lowest BCUT2D eigenvalue weighted by Crippen LogP contribution is -2.26. The molecule has 2 N–H and O–H groups in total. The van der Waals surface area contributed by atoms with Crippen molar-refractivity contribution in [2.24, 2.45) is 0 Å². The number of sulfonamides is 1. The molecule has 0 unspecified atom stereocenters. The highest BCUT2D eigenvalue weighted by molar-refractivity contribution is 7.88. The first-order valence-corrected chi connectivity index (χ1v) is 11.8. The average Bonchev–Trinajstić information content (AvgIpc) is 3.17. The predicted molar refractivity (Wildman–Crippen MR) is 115 cm³/mol. The Kier molecular flexibility index (Phi) is 7.53. The Bertz CT molecular complexity index is 945. The normalized spacial score (nSPS) is 11.4. The van der Waals surface area contributed by atoms with E-state index in [0.717, 1.165) is 47.9 Å². The molecule has 28 heavy (non-hydrogen) atoms. The summed E-state index contributed by atoms with van der Waals surface area (Å²) in [4.78, 5) is 8.84. The summed E-state index contributed by atoms with van der Waals surface area (Å²) in [5, 5.41) is 6.19. The largest absolute Gasteiger partial charge is 0.362 e. The van der Waals surface area contributed by atoms with Gasteiger partial charge < -0.3 is 5.32 Å². The second-order valence-electron chi connectivity index (χ2n) is 6.38. The van der Waals surface area contributed by atoms with Crippen LogP contribution in [0.15, 0.2) is 60.1 Å². The van der Waals surface area contributed by atoms with Crippen LogP contribution < -0.4 is 10.0 Å². The van der Waals surface area contributed by atoms with E-state index in [1.54, 1.807) is 17.5 Å². The Morgan fingerprint density at radius 3 is 2.46 bits per heavy atom. The minimum Gasteiger partial charge on any atom is -0.362 e. The van der Waals surface area contributed by atoms with E-state index in [1.807, 2.05) is 53.9 Å². The van der Waals surface area contributed by atoms with Crippen LogP contribution in [0.1, 0.15) is 24.8 Å². The van der Waals surface area contributed by atoms with Gasteiger partial charge in [0.25, 0.3) is 0 Å². The van der Waals surface area contributed by atoms with Crippen molar-refractivity contribution in [3.05, 3.63) is 65.7 Å². The lowest BCUT2D eigenvalue weighted by atomic mass is 10.2. The van der Waals surface area contributed by atoms with Gasteiger partial charge in [0.15, 0.2) is 5.13 Å². The van der Waals surface area contributed by atoms with Crippen LogP contribution >= 0.6 is 11.3 Å². The first-order valence-electron chi connectivity index (χ1n) is 9.24. The quantitative estimate of drug-likeness (QED) is 0.463. The Morgan fingerprint density at radius 2 is 1.68 bits per heavy atom. The highest BCUT2D eigenvalue weighted by atomic mass is 32.2. The molecule has 2 aromatic heterocycles. The van der Waals surface area contributed by atoms with Crippen molar-refractivity contribution < 1.29 is 8.42 Å². The monoisotopic (exact) mass is 416 g/mol. The number of nitrogens with one attached hydrogen (secondary N) is 2. The van der Waals surface area contributed by atoms with Gasteiger partial charge in [0, 0.05) is 24.7 Å². The van der Waals surface area contributed by atoms with E-state index in [1.165, 1.54) is 0 Å². The van der Waals surface area contributed by atoms with Crippen molar-refractivity contribution in [1.29, 1.82) is 0 Å². The second kappa shape index (κ2) is 10.3. The highest BCUT2D eigenvalue weighted by Gasteiger charge is 2.10. The van der Waals surface area contributed by atoms with Gasteiger partial charge in [0.2, 0.25) is 10.0 Å². The molecule has 0 amide bonds. The molecule has 6 nitrogen and oxygen atoms in total. The lowest BCUT2D eigenvalue weighted by molar-refractivity contribution is 0.574. The van der Waals surface area contributed by atoms with Crippen LogP contribution in [-0.2, 0) is 15.8 Å². The van der Waals surface area contributed by atoms with Crippen molar-refractivity contribution in [3.8, 4) is 11.4 Å². The molecule has 3 rings (SSSR count). The van der Waals surface area contributed by atoms with Crippen molar-refractivity contribution >= 4 is 26.5 Å². The smallest absolute Gasteiger partial charge is 0.215 e. The fourth-order valence-corrected chi connectivity index (χ4v) is 4.60. The van der Waals surface area contributed by atoms with E-state index in [2.05, 4.69) is 20.0 Å². The van der Waals surface area contributed by atoms with Crippen LogP contribution in [0.3, 0.4) is 0 Å². The van der Waals surface area contributed by atoms with Crippen LogP contribution in [0.4, 0.5) is 5.13 Å². The third-order valence-electron chi connectivity index (χ3n) is 4.08. The van der Waals surface area contributed by atoms with Crippen LogP contribution in [0, 0.1) is 0 Å². The van der Waals surface area contributed by atoms with Gasteiger partial charge in [-0.3, -0.25) is 4.98 Å². The predicted octanol–water partition coefficient (Wildman–Crippen LogP) is 3.91. The van der Waals surface area contributed by atoms with Crippen molar-refractivity contribution in [2.45, 2.75) is 25.0 Å². The van der Waals surface area contributed by atoms with Crippen LogP contribution in [0.25, 0.3) is 11.4 Å². The number of anilines is 1. The number of unbranched alkanes of at least 4 members (excludes halogenated alkanes) is 2. The maximum absolute atomic E-state index is 12.1. The zero-order chi connectivity index (χ0) is 19.7. The summed E-state index contributed by atoms with van der Waals surface area (Å²) in [7, 11) is -3.27. The molecule has 0 aliphatic rings. The van der Waals surface area contributed by atoms with Crippen LogP contribution in [0.2, 0.25) is 0 Å². The zero-order valence-corrected chi connectivity index (χ0v) is 17.2. The van der Waals surface area contributed by atoms with E-state index in [4.69, 9.17) is 0 Å². The summed E-state index contributed by atoms with van der Waals surface area (Å²) < 4.78 is 26.8. The summed E-state index contributed by atoms with van der Waals surface area (Å²) >= 11 is 1.56. The van der Waals surface area contributed by atoms with Gasteiger partial charge in [0.1, 0.15) is 5.69 Å². The van der Waals surface area contributed by atoms with Crippen LogP contribution in [-0.4, -0.2) is 31.5 Å². The van der Waals surface area contributed by atoms with E-state index >= 15 is 0 Å². The van der Waals surface area contributed by atoms with E-state index < -0.39 is 10.0 Å². The fourth-order valence-electron chi connectivity index (χ4n) is 2.68. The van der Waals surface area contributed by atoms with Crippen LogP contribution in [0.5, 0.6) is 0 Å². The number of pyridine rings is 1. The molecule has 0 aliphatic carbocycles. The summed E-state index contributed by atoms with van der Waals surface area (Å²) in [6.45, 7) is 1.28. The number of rotatable bonds is 11. The average molecular weight is 417 g/mol. The first kappa shape index (κ1) is 20.4. The summed E-state index contributed by atoms with van der Waals surface area (Å²) in [5.41, 5.74) is 2.54. The topological polar surface area (TPSA) is 84.0 Å². The maximum atomic E-state index is 12.1. The molecule has 0 saturated carbocycles. The van der Waals surface area contributed by atoms with Gasteiger partial charge >= 0.3 is 0 Å². The van der Waals surface area contributed by atoms with E-state index in [0.29, 0.717) is 6.54 Å². The molecule has 0 aliphatic heterocycles. The summed E-state index contributed by atoms with van der Waals surface area (Å²) in [5.74, 6) is 0.0258. The van der Waals surface area contributed by atoms with Gasteiger partial charge in [-0.1, -0.05) is 42.8 Å². The second-order valence-corrected chi connectivity index (χ2v) is 9.04. The molecular formula is C20H24N4O2S2. The molecule has 2 heterocycles. The molecule has 8 heteroatoms. The molecule has 3 aromatic rings. The number of aromatic nitrogens is 2. The number of nitrogens with zero attached hydrogens (tertiary/aromatic N) is 2. The molecular weight excluding hydrogens is 392 g/mol. The Morgan fingerprint density at radius 1 is 0.893 bits per heavy atom. The summed E-state index contributed by atoms with van der Waals surface area (Å²) in [6.07, 6.45) is 4.47. The highest BCUT2D eigenvalue weighted by Crippen LogP contribution is 2.23. The molecule has 0 fully saturated rings. The SMILES string of the molecule is O=S(=O)(Cc1ccccc1)NCCCCCNc1nc(-c2ccccn2)cs1. The minimum atomic E-state index is -3.27. The Labute approximate surface area is 170 Å².